The molecule has 1 fully saturated rings. The molecule has 1 aromatic carbocycles. The summed E-state index contributed by atoms with van der Waals surface area (Å²) in [7, 11) is 0. The van der Waals surface area contributed by atoms with E-state index in [0.717, 1.165) is 6.08 Å². The summed E-state index contributed by atoms with van der Waals surface area (Å²) in [4.78, 5) is 12.6. The van der Waals surface area contributed by atoms with Crippen LogP contribution in [0.3, 0.4) is 0 Å². The fourth-order valence-corrected chi connectivity index (χ4v) is 1.98. The van der Waals surface area contributed by atoms with E-state index in [1.807, 2.05) is 0 Å². The molecule has 2 rings (SSSR count). The molecule has 1 aromatic rings. The molecular weight excluding hydrogens is 234 g/mol. The van der Waals surface area contributed by atoms with Gasteiger partial charge in [-0.05, 0) is 25.0 Å². The van der Waals surface area contributed by atoms with Crippen molar-refractivity contribution in [1.82, 2.24) is 0 Å². The molecule has 1 saturated heterocycles. The van der Waals surface area contributed by atoms with Crippen LogP contribution in [0.1, 0.15) is 12.8 Å². The first-order valence-electron chi connectivity index (χ1n) is 5.70. The number of carbonyl (C=O) groups excluding carboxylic acids is 1. The van der Waals surface area contributed by atoms with Crippen molar-refractivity contribution < 1.29 is 19.7 Å². The molecule has 0 radical (unpaired) electrons. The van der Waals surface area contributed by atoms with Gasteiger partial charge in [-0.2, -0.15) is 0 Å². The lowest BCUT2D eigenvalue weighted by Gasteiger charge is -2.26. The Balaban J connectivity index is 2.21. The molecule has 1 heterocycles. The molecular formula is C13H15NO4. The van der Waals surface area contributed by atoms with Gasteiger partial charge in [0.05, 0.1) is 0 Å². The lowest BCUT2D eigenvalue weighted by molar-refractivity contribution is -0.128. The van der Waals surface area contributed by atoms with Gasteiger partial charge in [0.1, 0.15) is 18.2 Å². The minimum atomic E-state index is -0.717. The van der Waals surface area contributed by atoms with Crippen molar-refractivity contribution in [3.05, 3.63) is 36.9 Å². The zero-order valence-electron chi connectivity index (χ0n) is 9.82. The molecule has 96 valence electrons. The topological polar surface area (TPSA) is 70.0 Å². The van der Waals surface area contributed by atoms with Crippen LogP contribution >= 0.6 is 0 Å². The van der Waals surface area contributed by atoms with Crippen LogP contribution in [0.2, 0.25) is 0 Å². The molecule has 2 unspecified atom stereocenters. The van der Waals surface area contributed by atoms with E-state index in [9.17, 15) is 15.0 Å². The van der Waals surface area contributed by atoms with Gasteiger partial charge in [-0.15, -0.1) is 0 Å². The molecule has 5 nitrogen and oxygen atoms in total. The predicted octanol–water partition coefficient (Wildman–Crippen LogP) is 1.01. The first kappa shape index (κ1) is 12.6. The standard InChI is InChI=1S/C13H15NO4/c1-2-13(17)18-10-5-3-4-9(8-10)14-11(15)6-7-12(14)16/h2-5,8,11-12,15-16H,1,6-7H2. The predicted molar refractivity (Wildman–Crippen MR) is 66.0 cm³/mol. The molecule has 5 heteroatoms. The highest BCUT2D eigenvalue weighted by atomic mass is 16.5. The van der Waals surface area contributed by atoms with E-state index in [1.165, 1.54) is 4.90 Å². The molecule has 0 saturated carbocycles. The van der Waals surface area contributed by atoms with Gasteiger partial charge in [0.2, 0.25) is 0 Å². The third-order valence-electron chi connectivity index (χ3n) is 2.83. The molecule has 1 aliphatic heterocycles. The number of anilines is 1. The van der Waals surface area contributed by atoms with Gasteiger partial charge in [0.25, 0.3) is 0 Å². The van der Waals surface area contributed by atoms with Crippen LogP contribution in [0.25, 0.3) is 0 Å². The first-order valence-corrected chi connectivity index (χ1v) is 5.70. The molecule has 1 aliphatic rings. The van der Waals surface area contributed by atoms with Gasteiger partial charge in [-0.25, -0.2) is 4.79 Å². The minimum Gasteiger partial charge on any atom is -0.423 e. The molecule has 0 spiro atoms. The third kappa shape index (κ3) is 2.52. The highest BCUT2D eigenvalue weighted by Gasteiger charge is 2.30. The molecule has 2 N–H and O–H groups in total. The van der Waals surface area contributed by atoms with Crippen LogP contribution in [-0.2, 0) is 4.79 Å². The van der Waals surface area contributed by atoms with E-state index in [0.29, 0.717) is 24.3 Å². The summed E-state index contributed by atoms with van der Waals surface area (Å²) >= 11 is 0. The van der Waals surface area contributed by atoms with E-state index in [2.05, 4.69) is 6.58 Å². The maximum atomic E-state index is 11.1. The number of ether oxygens (including phenoxy) is 1. The number of benzene rings is 1. The summed E-state index contributed by atoms with van der Waals surface area (Å²) in [5, 5.41) is 19.5. The fraction of sp³-hybridized carbons (Fsp3) is 0.308. The van der Waals surface area contributed by atoms with Crippen LogP contribution in [0.15, 0.2) is 36.9 Å². The van der Waals surface area contributed by atoms with Crippen LogP contribution in [0.4, 0.5) is 5.69 Å². The second-order valence-electron chi connectivity index (χ2n) is 4.07. The summed E-state index contributed by atoms with van der Waals surface area (Å²) in [5.41, 5.74) is 0.613. The van der Waals surface area contributed by atoms with Crippen molar-refractivity contribution in [2.75, 3.05) is 4.90 Å². The highest BCUT2D eigenvalue weighted by molar-refractivity contribution is 5.83. The molecule has 0 bridgehead atoms. The summed E-state index contributed by atoms with van der Waals surface area (Å²) < 4.78 is 4.99. The normalized spacial score (nSPS) is 22.9. The van der Waals surface area contributed by atoms with Gasteiger partial charge in [-0.1, -0.05) is 12.6 Å². The van der Waals surface area contributed by atoms with Gasteiger partial charge in [0.15, 0.2) is 0 Å². The second-order valence-corrected chi connectivity index (χ2v) is 4.07. The largest absolute Gasteiger partial charge is 0.423 e. The number of rotatable bonds is 3. The molecule has 0 aromatic heterocycles. The lowest BCUT2D eigenvalue weighted by Crippen LogP contribution is -2.35. The average Bonchev–Trinajstić information content (AvgIpc) is 2.69. The number of carbonyl (C=O) groups is 1. The summed E-state index contributed by atoms with van der Waals surface area (Å²) in [6, 6.07) is 6.65. The van der Waals surface area contributed by atoms with Crippen LogP contribution < -0.4 is 9.64 Å². The quantitative estimate of drug-likeness (QED) is 0.475. The Morgan fingerprint density at radius 1 is 1.39 bits per heavy atom. The molecule has 0 amide bonds. The zero-order valence-corrected chi connectivity index (χ0v) is 9.82. The Morgan fingerprint density at radius 3 is 2.67 bits per heavy atom. The third-order valence-corrected chi connectivity index (χ3v) is 2.83. The Kier molecular flexibility index (Phi) is 3.64. The Labute approximate surface area is 105 Å². The van der Waals surface area contributed by atoms with E-state index < -0.39 is 18.4 Å². The number of nitrogens with zero attached hydrogens (tertiary/aromatic N) is 1. The lowest BCUT2D eigenvalue weighted by atomic mass is 10.2. The van der Waals surface area contributed by atoms with Crippen molar-refractivity contribution in [1.29, 1.82) is 0 Å². The Hall–Kier alpha value is -1.85. The maximum absolute atomic E-state index is 11.1. The van der Waals surface area contributed by atoms with Crippen molar-refractivity contribution in [3.63, 3.8) is 0 Å². The summed E-state index contributed by atoms with van der Waals surface area (Å²) in [6.45, 7) is 3.32. The fourth-order valence-electron chi connectivity index (χ4n) is 1.98. The van der Waals surface area contributed by atoms with Crippen LogP contribution in [0, 0.1) is 0 Å². The number of aliphatic hydroxyl groups is 2. The van der Waals surface area contributed by atoms with Crippen molar-refractivity contribution >= 4 is 11.7 Å². The second kappa shape index (κ2) is 5.20. The SMILES string of the molecule is C=CC(=O)Oc1cccc(N2C(O)CCC2O)c1. The number of hydrogen-bond donors (Lipinski definition) is 2. The Morgan fingerprint density at radius 2 is 2.06 bits per heavy atom. The highest BCUT2D eigenvalue weighted by Crippen LogP contribution is 2.30. The van der Waals surface area contributed by atoms with Crippen molar-refractivity contribution in [2.24, 2.45) is 0 Å². The van der Waals surface area contributed by atoms with Crippen LogP contribution in [0.5, 0.6) is 5.75 Å². The molecule has 2 atom stereocenters. The molecule has 0 aliphatic carbocycles. The van der Waals surface area contributed by atoms with Gasteiger partial charge in [-0.3, -0.25) is 0 Å². The number of aliphatic hydroxyl groups excluding tert-OH is 2. The monoisotopic (exact) mass is 249 g/mol. The smallest absolute Gasteiger partial charge is 0.335 e. The van der Waals surface area contributed by atoms with E-state index in [1.54, 1.807) is 24.3 Å². The van der Waals surface area contributed by atoms with E-state index in [4.69, 9.17) is 4.74 Å². The summed E-state index contributed by atoms with van der Waals surface area (Å²) in [6.07, 6.45) is 0.665. The number of esters is 1. The maximum Gasteiger partial charge on any atom is 0.335 e. The summed E-state index contributed by atoms with van der Waals surface area (Å²) in [5.74, 6) is -0.196. The Bertz CT molecular complexity index is 450. The average molecular weight is 249 g/mol. The van der Waals surface area contributed by atoms with E-state index in [-0.39, 0.29) is 0 Å². The minimum absolute atomic E-state index is 0.351. The van der Waals surface area contributed by atoms with Gasteiger partial charge < -0.3 is 19.8 Å². The van der Waals surface area contributed by atoms with Crippen LogP contribution in [-0.4, -0.2) is 28.6 Å². The van der Waals surface area contributed by atoms with Crippen molar-refractivity contribution in [3.8, 4) is 5.75 Å². The van der Waals surface area contributed by atoms with E-state index >= 15 is 0 Å². The first-order chi connectivity index (χ1) is 8.61. The molecule has 18 heavy (non-hydrogen) atoms. The number of hydrogen-bond acceptors (Lipinski definition) is 5. The van der Waals surface area contributed by atoms with Gasteiger partial charge >= 0.3 is 5.97 Å². The van der Waals surface area contributed by atoms with Crippen molar-refractivity contribution in [2.45, 2.75) is 25.3 Å². The zero-order chi connectivity index (χ0) is 13.1. The van der Waals surface area contributed by atoms with Gasteiger partial charge in [0, 0.05) is 17.8 Å².